The quantitative estimate of drug-likeness (QED) is 0.0645. The fraction of sp³-hybridized carbons (Fsp3) is 1.00. The Labute approximate surface area is 263 Å². The van der Waals surface area contributed by atoms with Crippen LogP contribution in [0.4, 0.5) is 0 Å². The van der Waals surface area contributed by atoms with E-state index in [1.54, 1.807) is 0 Å². The summed E-state index contributed by atoms with van der Waals surface area (Å²) in [7, 11) is 0. The van der Waals surface area contributed by atoms with E-state index in [4.69, 9.17) is 0 Å². The molecule has 0 aromatic carbocycles. The largest absolute Gasteiger partial charge is 0.0654 e. The number of unbranched alkanes of at least 4 members (excludes halogenated alkanes) is 31. The van der Waals surface area contributed by atoms with Gasteiger partial charge in [0.15, 0.2) is 0 Å². The Morgan fingerprint density at radius 1 is 0.195 bits per heavy atom. The fourth-order valence-corrected chi connectivity index (χ4v) is 6.90. The maximum Gasteiger partial charge on any atom is -0.0414 e. The summed E-state index contributed by atoms with van der Waals surface area (Å²) in [4.78, 5) is 0. The van der Waals surface area contributed by atoms with Crippen LogP contribution in [0, 0.1) is 5.92 Å². The third-order valence-corrected chi connectivity index (χ3v) is 9.90. The first-order valence-corrected chi connectivity index (χ1v) is 20.3. The molecule has 0 nitrogen and oxygen atoms in total. The van der Waals surface area contributed by atoms with E-state index in [-0.39, 0.29) is 0 Å². The predicted octanol–water partition coefficient (Wildman–Crippen LogP) is 16.1. The Kier molecular flexibility index (Phi) is 38.0. The van der Waals surface area contributed by atoms with Crippen LogP contribution in [-0.4, -0.2) is 0 Å². The van der Waals surface area contributed by atoms with Crippen LogP contribution in [-0.2, 0) is 0 Å². The highest BCUT2D eigenvalue weighted by Gasteiger charge is 2.08. The van der Waals surface area contributed by atoms with Crippen molar-refractivity contribution in [3.05, 3.63) is 0 Å². The first-order chi connectivity index (χ1) is 20.3. The van der Waals surface area contributed by atoms with Gasteiger partial charge < -0.3 is 0 Å². The van der Waals surface area contributed by atoms with E-state index in [1.165, 1.54) is 238 Å². The molecule has 0 spiro atoms. The summed E-state index contributed by atoms with van der Waals surface area (Å²) in [6.07, 6.45) is 54.8. The van der Waals surface area contributed by atoms with Crippen LogP contribution in [0.1, 0.15) is 258 Å². The topological polar surface area (TPSA) is 0 Å². The summed E-state index contributed by atoms with van der Waals surface area (Å²) in [5.74, 6) is 1.04. The highest BCUT2D eigenvalue weighted by molar-refractivity contribution is 4.62. The standard InChI is InChI=1S/C41H84/c1-4-7-10-12-14-16-18-19-20-21-22-23-24-25-26-28-30-32-34-37-40-41(38-35-9-6-3)39-36-33-31-29-27-17-15-13-11-8-5-2/h41H,4-40H2,1-3H3. The second-order valence-corrected chi connectivity index (χ2v) is 14.2. The molecule has 0 aliphatic rings. The van der Waals surface area contributed by atoms with Crippen LogP contribution >= 0.6 is 0 Å². The normalized spacial score (nSPS) is 12.4. The highest BCUT2D eigenvalue weighted by atomic mass is 14.1. The lowest BCUT2D eigenvalue weighted by molar-refractivity contribution is 0.367. The van der Waals surface area contributed by atoms with Gasteiger partial charge >= 0.3 is 0 Å². The third-order valence-electron chi connectivity index (χ3n) is 9.90. The zero-order chi connectivity index (χ0) is 29.7. The molecule has 0 heterocycles. The first kappa shape index (κ1) is 41.0. The van der Waals surface area contributed by atoms with Crippen LogP contribution in [0.2, 0.25) is 0 Å². The van der Waals surface area contributed by atoms with Gasteiger partial charge in [0, 0.05) is 0 Å². The molecule has 0 N–H and O–H groups in total. The molecule has 0 saturated heterocycles. The lowest BCUT2D eigenvalue weighted by atomic mass is 9.89. The minimum Gasteiger partial charge on any atom is -0.0654 e. The van der Waals surface area contributed by atoms with E-state index in [2.05, 4.69) is 20.8 Å². The fourth-order valence-electron chi connectivity index (χ4n) is 6.90. The second-order valence-electron chi connectivity index (χ2n) is 14.2. The molecule has 0 heteroatoms. The summed E-state index contributed by atoms with van der Waals surface area (Å²) in [6.45, 7) is 6.99. The minimum absolute atomic E-state index is 1.04. The van der Waals surface area contributed by atoms with E-state index in [1.807, 2.05) is 0 Å². The molecule has 1 unspecified atom stereocenters. The van der Waals surface area contributed by atoms with Crippen molar-refractivity contribution in [3.8, 4) is 0 Å². The van der Waals surface area contributed by atoms with Gasteiger partial charge in [-0.15, -0.1) is 0 Å². The molecule has 1 atom stereocenters. The lowest BCUT2D eigenvalue weighted by Crippen LogP contribution is -2.01. The Morgan fingerprint density at radius 2 is 0.341 bits per heavy atom. The number of hydrogen-bond donors (Lipinski definition) is 0. The van der Waals surface area contributed by atoms with Crippen LogP contribution in [0.3, 0.4) is 0 Å². The predicted molar refractivity (Wildman–Crippen MR) is 191 cm³/mol. The van der Waals surface area contributed by atoms with Crippen molar-refractivity contribution in [2.75, 3.05) is 0 Å². The summed E-state index contributed by atoms with van der Waals surface area (Å²) < 4.78 is 0. The van der Waals surface area contributed by atoms with Crippen molar-refractivity contribution < 1.29 is 0 Å². The zero-order valence-electron chi connectivity index (χ0n) is 29.7. The van der Waals surface area contributed by atoms with Crippen molar-refractivity contribution in [1.82, 2.24) is 0 Å². The molecule has 0 aromatic rings. The summed E-state index contributed by atoms with van der Waals surface area (Å²) >= 11 is 0. The summed E-state index contributed by atoms with van der Waals surface area (Å²) in [5, 5.41) is 0. The van der Waals surface area contributed by atoms with E-state index in [9.17, 15) is 0 Å². The third kappa shape index (κ3) is 36.1. The number of rotatable bonds is 37. The van der Waals surface area contributed by atoms with Crippen LogP contribution in [0.15, 0.2) is 0 Å². The summed E-state index contributed by atoms with van der Waals surface area (Å²) in [5.41, 5.74) is 0. The molecule has 0 aliphatic carbocycles. The van der Waals surface area contributed by atoms with Gasteiger partial charge in [0.2, 0.25) is 0 Å². The molecule has 0 fully saturated rings. The Bertz CT molecular complexity index is 426. The van der Waals surface area contributed by atoms with E-state index >= 15 is 0 Å². The van der Waals surface area contributed by atoms with Crippen LogP contribution in [0.25, 0.3) is 0 Å². The molecule has 0 rings (SSSR count). The SMILES string of the molecule is CCCCCCCCCCCCCCCCCCCCCCC(CCCCC)CCCCCCCCCCCCC. The molecule has 0 radical (unpaired) electrons. The molecule has 0 aliphatic heterocycles. The van der Waals surface area contributed by atoms with Crippen molar-refractivity contribution in [1.29, 1.82) is 0 Å². The van der Waals surface area contributed by atoms with E-state index in [0.29, 0.717) is 0 Å². The van der Waals surface area contributed by atoms with E-state index in [0.717, 1.165) is 5.92 Å². The van der Waals surface area contributed by atoms with Crippen molar-refractivity contribution in [2.45, 2.75) is 258 Å². The molecule has 0 aromatic heterocycles. The van der Waals surface area contributed by atoms with Crippen LogP contribution in [0.5, 0.6) is 0 Å². The Balaban J connectivity index is 3.48. The average molecular weight is 577 g/mol. The van der Waals surface area contributed by atoms with Gasteiger partial charge in [-0.1, -0.05) is 258 Å². The maximum absolute atomic E-state index is 2.36. The van der Waals surface area contributed by atoms with Gasteiger partial charge in [0.05, 0.1) is 0 Å². The molecule has 41 heavy (non-hydrogen) atoms. The summed E-state index contributed by atoms with van der Waals surface area (Å²) in [6, 6.07) is 0. The maximum atomic E-state index is 2.36. The highest BCUT2D eigenvalue weighted by Crippen LogP contribution is 2.24. The van der Waals surface area contributed by atoms with Crippen LogP contribution < -0.4 is 0 Å². The molecule has 0 bridgehead atoms. The molecule has 248 valence electrons. The van der Waals surface area contributed by atoms with Gasteiger partial charge in [-0.3, -0.25) is 0 Å². The monoisotopic (exact) mass is 577 g/mol. The van der Waals surface area contributed by atoms with Gasteiger partial charge in [-0.05, 0) is 5.92 Å². The smallest absolute Gasteiger partial charge is 0.0414 e. The molecule has 0 saturated carbocycles. The zero-order valence-corrected chi connectivity index (χ0v) is 29.7. The molecular formula is C41H84. The van der Waals surface area contributed by atoms with Crippen molar-refractivity contribution in [2.24, 2.45) is 5.92 Å². The van der Waals surface area contributed by atoms with Gasteiger partial charge in [0.1, 0.15) is 0 Å². The van der Waals surface area contributed by atoms with Crippen molar-refractivity contribution >= 4 is 0 Å². The van der Waals surface area contributed by atoms with Gasteiger partial charge in [0.25, 0.3) is 0 Å². The van der Waals surface area contributed by atoms with Gasteiger partial charge in [-0.25, -0.2) is 0 Å². The number of hydrogen-bond acceptors (Lipinski definition) is 0. The molecule has 0 amide bonds. The minimum atomic E-state index is 1.04. The molecular weight excluding hydrogens is 492 g/mol. The lowest BCUT2D eigenvalue weighted by Gasteiger charge is -2.17. The van der Waals surface area contributed by atoms with Gasteiger partial charge in [-0.2, -0.15) is 0 Å². The Hall–Kier alpha value is 0. The van der Waals surface area contributed by atoms with Crippen molar-refractivity contribution in [3.63, 3.8) is 0 Å². The second kappa shape index (κ2) is 38.0. The average Bonchev–Trinajstić information content (AvgIpc) is 2.98. The Morgan fingerprint density at radius 3 is 0.561 bits per heavy atom. The van der Waals surface area contributed by atoms with E-state index < -0.39 is 0 Å². The first-order valence-electron chi connectivity index (χ1n) is 20.3.